The van der Waals surface area contributed by atoms with Crippen LogP contribution < -0.4 is 10.9 Å². The van der Waals surface area contributed by atoms with E-state index in [-0.39, 0.29) is 5.56 Å². The second-order valence-corrected chi connectivity index (χ2v) is 7.99. The molecule has 2 N–H and O–H groups in total. The number of hydrogen-bond donors (Lipinski definition) is 2. The summed E-state index contributed by atoms with van der Waals surface area (Å²) in [4.78, 5) is 21.8. The molecule has 0 amide bonds. The van der Waals surface area contributed by atoms with Gasteiger partial charge in [-0.25, -0.2) is 4.98 Å². The van der Waals surface area contributed by atoms with Crippen LogP contribution in [-0.4, -0.2) is 16.0 Å². The third-order valence-corrected chi connectivity index (χ3v) is 5.96. The van der Waals surface area contributed by atoms with Gasteiger partial charge in [0.25, 0.3) is 5.56 Å². The van der Waals surface area contributed by atoms with Gasteiger partial charge in [-0.2, -0.15) is 0 Å². The molecule has 0 spiro atoms. The monoisotopic (exact) mass is 305 g/mol. The number of aryl methyl sites for hydroxylation is 2. The number of aromatic amines is 1. The van der Waals surface area contributed by atoms with E-state index in [1.165, 1.54) is 24.1 Å². The van der Waals surface area contributed by atoms with E-state index < -0.39 is 0 Å². The van der Waals surface area contributed by atoms with Crippen molar-refractivity contribution in [3.8, 4) is 0 Å². The molecule has 0 saturated heterocycles. The summed E-state index contributed by atoms with van der Waals surface area (Å²) < 4.78 is 0. The van der Waals surface area contributed by atoms with Gasteiger partial charge < -0.3 is 10.3 Å². The number of thiophene rings is 1. The predicted octanol–water partition coefficient (Wildman–Crippen LogP) is 3.27. The molecule has 1 aliphatic carbocycles. The molecule has 1 saturated carbocycles. The van der Waals surface area contributed by atoms with Gasteiger partial charge in [0.05, 0.1) is 11.9 Å². The molecule has 1 atom stereocenters. The van der Waals surface area contributed by atoms with Crippen LogP contribution in [0.1, 0.15) is 49.4 Å². The zero-order chi connectivity index (χ0) is 15.2. The molecular weight excluding hydrogens is 282 g/mol. The third-order valence-electron chi connectivity index (χ3n) is 4.86. The molecule has 2 aromatic rings. The van der Waals surface area contributed by atoms with Gasteiger partial charge in [0.1, 0.15) is 10.7 Å². The highest BCUT2D eigenvalue weighted by Crippen LogP contribution is 2.37. The van der Waals surface area contributed by atoms with E-state index in [2.05, 4.69) is 29.1 Å². The Hall–Kier alpha value is -1.20. The molecule has 0 radical (unpaired) electrons. The third kappa shape index (κ3) is 2.64. The fourth-order valence-electron chi connectivity index (χ4n) is 3.31. The molecule has 1 unspecified atom stereocenters. The Bertz CT molecular complexity index is 729. The Morgan fingerprint density at radius 2 is 2.19 bits per heavy atom. The average Bonchev–Trinajstić information content (AvgIpc) is 2.87. The molecule has 0 aromatic carbocycles. The van der Waals surface area contributed by atoms with E-state index in [9.17, 15) is 4.79 Å². The molecule has 2 heterocycles. The van der Waals surface area contributed by atoms with Crippen molar-refractivity contribution in [2.45, 2.75) is 59.5 Å². The van der Waals surface area contributed by atoms with Crippen molar-refractivity contribution in [1.82, 2.24) is 15.3 Å². The Kier molecular flexibility index (Phi) is 3.66. The number of aromatic nitrogens is 2. The van der Waals surface area contributed by atoms with Crippen LogP contribution >= 0.6 is 11.3 Å². The average molecular weight is 305 g/mol. The molecule has 0 bridgehead atoms. The lowest BCUT2D eigenvalue weighted by molar-refractivity contribution is 0.281. The van der Waals surface area contributed by atoms with Crippen LogP contribution in [0.2, 0.25) is 0 Å². The lowest BCUT2D eigenvalue weighted by atomic mass is 9.87. The van der Waals surface area contributed by atoms with Crippen LogP contribution in [0.4, 0.5) is 0 Å². The summed E-state index contributed by atoms with van der Waals surface area (Å²) in [5.41, 5.74) is 1.38. The zero-order valence-corrected chi connectivity index (χ0v) is 14.0. The number of nitrogens with zero attached hydrogens (tertiary/aromatic N) is 1. The van der Waals surface area contributed by atoms with Crippen LogP contribution in [-0.2, 0) is 6.54 Å². The highest BCUT2D eigenvalue weighted by molar-refractivity contribution is 7.18. The maximum atomic E-state index is 12.2. The maximum Gasteiger partial charge on any atom is 0.259 e. The van der Waals surface area contributed by atoms with E-state index >= 15 is 0 Å². The van der Waals surface area contributed by atoms with Gasteiger partial charge in [-0.15, -0.1) is 11.3 Å². The maximum absolute atomic E-state index is 12.2. The smallest absolute Gasteiger partial charge is 0.259 e. The van der Waals surface area contributed by atoms with E-state index in [1.807, 2.05) is 13.8 Å². The molecule has 4 nitrogen and oxygen atoms in total. The molecule has 21 heavy (non-hydrogen) atoms. The first kappa shape index (κ1) is 14.7. The molecule has 0 aliphatic heterocycles. The molecule has 3 rings (SSSR count). The van der Waals surface area contributed by atoms with Crippen LogP contribution in [0, 0.1) is 19.3 Å². The summed E-state index contributed by atoms with van der Waals surface area (Å²) in [5.74, 6) is 0.747. The summed E-state index contributed by atoms with van der Waals surface area (Å²) in [6, 6.07) is 0.505. The normalized spacial score (nSPS) is 21.2. The van der Waals surface area contributed by atoms with Crippen molar-refractivity contribution in [1.29, 1.82) is 0 Å². The van der Waals surface area contributed by atoms with Crippen molar-refractivity contribution in [2.75, 3.05) is 0 Å². The number of fused-ring (bicyclic) bond motifs is 1. The Labute approximate surface area is 129 Å². The first-order valence-corrected chi connectivity index (χ1v) is 8.42. The summed E-state index contributed by atoms with van der Waals surface area (Å²) in [6.45, 7) is 9.28. The van der Waals surface area contributed by atoms with E-state index in [0.717, 1.165) is 21.6 Å². The highest BCUT2D eigenvalue weighted by atomic mass is 32.1. The van der Waals surface area contributed by atoms with Crippen LogP contribution in [0.3, 0.4) is 0 Å². The summed E-state index contributed by atoms with van der Waals surface area (Å²) >= 11 is 1.61. The van der Waals surface area contributed by atoms with Crippen LogP contribution in [0.5, 0.6) is 0 Å². The molecule has 1 fully saturated rings. The molecule has 2 aromatic heterocycles. The standard InChI is InChI=1S/C16H23N3OS/c1-9-10(2)21-15-13(9)14(20)18-12(19-15)8-17-11-6-5-7-16(11,3)4/h11,17H,5-8H2,1-4H3,(H,18,19,20). The summed E-state index contributed by atoms with van der Waals surface area (Å²) in [5, 5.41) is 4.33. The highest BCUT2D eigenvalue weighted by Gasteiger charge is 2.33. The largest absolute Gasteiger partial charge is 0.309 e. The Morgan fingerprint density at radius 3 is 2.86 bits per heavy atom. The van der Waals surface area contributed by atoms with Gasteiger partial charge in [0.2, 0.25) is 0 Å². The quantitative estimate of drug-likeness (QED) is 0.915. The minimum atomic E-state index is -0.00988. The lowest BCUT2D eigenvalue weighted by Crippen LogP contribution is -2.37. The molecule has 114 valence electrons. The summed E-state index contributed by atoms with van der Waals surface area (Å²) in [6.07, 6.45) is 3.74. The van der Waals surface area contributed by atoms with E-state index in [4.69, 9.17) is 0 Å². The second-order valence-electron chi connectivity index (χ2n) is 6.79. The van der Waals surface area contributed by atoms with Crippen molar-refractivity contribution >= 4 is 21.6 Å². The predicted molar refractivity (Wildman–Crippen MR) is 88.0 cm³/mol. The van der Waals surface area contributed by atoms with Crippen LogP contribution in [0.25, 0.3) is 10.2 Å². The Morgan fingerprint density at radius 1 is 1.43 bits per heavy atom. The lowest BCUT2D eigenvalue weighted by Gasteiger charge is -2.27. The number of H-pyrrole nitrogens is 1. The zero-order valence-electron chi connectivity index (χ0n) is 13.2. The molecule has 5 heteroatoms. The topological polar surface area (TPSA) is 57.8 Å². The fourth-order valence-corrected chi connectivity index (χ4v) is 4.36. The van der Waals surface area contributed by atoms with Gasteiger partial charge in [-0.05, 0) is 37.7 Å². The molecular formula is C16H23N3OS. The second kappa shape index (κ2) is 5.21. The van der Waals surface area contributed by atoms with Crippen LogP contribution in [0.15, 0.2) is 4.79 Å². The molecule has 1 aliphatic rings. The van der Waals surface area contributed by atoms with Gasteiger partial charge in [0, 0.05) is 10.9 Å². The SMILES string of the molecule is Cc1sc2nc(CNC3CCCC3(C)C)[nH]c(=O)c2c1C. The van der Waals surface area contributed by atoms with Gasteiger partial charge in [-0.3, -0.25) is 4.79 Å². The number of nitrogens with one attached hydrogen (secondary N) is 2. The van der Waals surface area contributed by atoms with Crippen molar-refractivity contribution in [2.24, 2.45) is 5.41 Å². The minimum absolute atomic E-state index is 0.00988. The van der Waals surface area contributed by atoms with Crippen molar-refractivity contribution in [3.05, 3.63) is 26.6 Å². The first-order chi connectivity index (χ1) is 9.88. The van der Waals surface area contributed by atoms with Crippen molar-refractivity contribution in [3.63, 3.8) is 0 Å². The van der Waals surface area contributed by atoms with E-state index in [0.29, 0.717) is 18.0 Å². The summed E-state index contributed by atoms with van der Waals surface area (Å²) in [7, 11) is 0. The van der Waals surface area contributed by atoms with E-state index in [1.54, 1.807) is 11.3 Å². The minimum Gasteiger partial charge on any atom is -0.309 e. The first-order valence-electron chi connectivity index (χ1n) is 7.61. The Balaban J connectivity index is 1.84. The van der Waals surface area contributed by atoms with Gasteiger partial charge in [0.15, 0.2) is 0 Å². The van der Waals surface area contributed by atoms with Crippen molar-refractivity contribution < 1.29 is 0 Å². The van der Waals surface area contributed by atoms with Gasteiger partial charge in [-0.1, -0.05) is 20.3 Å². The number of rotatable bonds is 3. The fraction of sp³-hybridized carbons (Fsp3) is 0.625. The number of hydrogen-bond acceptors (Lipinski definition) is 4. The van der Waals surface area contributed by atoms with Gasteiger partial charge >= 0.3 is 0 Å².